The fourth-order valence-electron chi connectivity index (χ4n) is 4.21. The maximum atomic E-state index is 5.05. The van der Waals surface area contributed by atoms with Crippen LogP contribution in [-0.4, -0.2) is 14.1 Å². The zero-order valence-electron chi connectivity index (χ0n) is 17.2. The molecular weight excluding hydrogens is 547 g/mol. The van der Waals surface area contributed by atoms with E-state index in [0.717, 1.165) is 22.7 Å². The molecule has 5 aromatic rings. The van der Waals surface area contributed by atoms with Gasteiger partial charge < -0.3 is 9.13 Å². The molecule has 0 saturated heterocycles. The van der Waals surface area contributed by atoms with Gasteiger partial charge in [-0.25, -0.2) is 0 Å². The minimum atomic E-state index is 0. The van der Waals surface area contributed by atoms with E-state index in [1.54, 1.807) is 0 Å². The first-order valence-corrected chi connectivity index (χ1v) is 9.83. The van der Waals surface area contributed by atoms with Gasteiger partial charge in [-0.3, -0.25) is 4.98 Å². The maximum Gasteiger partial charge on any atom is 0.145 e. The van der Waals surface area contributed by atoms with Crippen molar-refractivity contribution in [2.45, 2.75) is 20.8 Å². The number of aryl methyl sites for hydroxylation is 3. The summed E-state index contributed by atoms with van der Waals surface area (Å²) >= 11 is 0. The van der Waals surface area contributed by atoms with Crippen molar-refractivity contribution in [1.82, 2.24) is 14.1 Å². The Kier molecular flexibility index (Phi) is 5.46. The summed E-state index contributed by atoms with van der Waals surface area (Å²) in [5, 5.41) is 1.21. The van der Waals surface area contributed by atoms with Crippen LogP contribution in [0.4, 0.5) is 0 Å². The molecule has 0 saturated carbocycles. The van der Waals surface area contributed by atoms with Gasteiger partial charge >= 0.3 is 0 Å². The summed E-state index contributed by atoms with van der Waals surface area (Å²) in [5.41, 5.74) is 7.06. The summed E-state index contributed by atoms with van der Waals surface area (Å²) in [6.07, 6.45) is 4.22. The zero-order valence-corrected chi connectivity index (χ0v) is 19.6. The van der Waals surface area contributed by atoms with Gasteiger partial charge in [-0.05, 0) is 49.4 Å². The summed E-state index contributed by atoms with van der Waals surface area (Å²) in [4.78, 5) is 5.05. The van der Waals surface area contributed by atoms with E-state index in [9.17, 15) is 0 Å². The van der Waals surface area contributed by atoms with Crippen molar-refractivity contribution in [3.8, 4) is 22.9 Å². The summed E-state index contributed by atoms with van der Waals surface area (Å²) in [5.74, 6) is 1.80. The van der Waals surface area contributed by atoms with Gasteiger partial charge in [0.15, 0.2) is 0 Å². The molecule has 2 aromatic heterocycles. The number of hydrogen-bond donors (Lipinski definition) is 0. The Morgan fingerprint density at radius 1 is 0.833 bits per heavy atom. The van der Waals surface area contributed by atoms with E-state index in [1.165, 1.54) is 27.8 Å². The van der Waals surface area contributed by atoms with Gasteiger partial charge in [0.1, 0.15) is 5.82 Å². The van der Waals surface area contributed by atoms with Crippen LogP contribution in [0.15, 0.2) is 79.1 Å². The number of aromatic nitrogens is 3. The van der Waals surface area contributed by atoms with Crippen LogP contribution in [0.1, 0.15) is 16.7 Å². The fourth-order valence-corrected chi connectivity index (χ4v) is 4.21. The Bertz CT molecular complexity index is 1310. The minimum absolute atomic E-state index is 0. The number of rotatable bonds is 3. The van der Waals surface area contributed by atoms with E-state index in [4.69, 9.17) is 4.98 Å². The normalized spacial score (nSPS) is 10.9. The van der Waals surface area contributed by atoms with Gasteiger partial charge in [0.2, 0.25) is 0 Å². The molecule has 1 radical (unpaired) electrons. The second-order valence-corrected chi connectivity index (χ2v) is 7.56. The number of nitrogens with zero attached hydrogens (tertiary/aromatic N) is 3. The Balaban J connectivity index is 0.00000218. The molecular formula is C26H22IrN3-. The molecule has 0 atom stereocenters. The third-order valence-corrected chi connectivity index (χ3v) is 5.37. The molecule has 3 nitrogen and oxygen atoms in total. The van der Waals surface area contributed by atoms with Crippen LogP contribution in [0.3, 0.4) is 0 Å². The van der Waals surface area contributed by atoms with Gasteiger partial charge in [-0.15, -0.1) is 35.9 Å². The average molecular weight is 569 g/mol. The molecule has 0 aliphatic rings. The van der Waals surface area contributed by atoms with Crippen molar-refractivity contribution >= 4 is 10.9 Å². The smallest absolute Gasteiger partial charge is 0.145 e. The minimum Gasteiger partial charge on any atom is -0.337 e. The molecule has 4 heteroatoms. The second kappa shape index (κ2) is 8.06. The summed E-state index contributed by atoms with van der Waals surface area (Å²) in [6.45, 7) is 6.47. The van der Waals surface area contributed by atoms with Crippen molar-refractivity contribution in [1.29, 1.82) is 0 Å². The summed E-state index contributed by atoms with van der Waals surface area (Å²) in [6, 6.07) is 26.3. The van der Waals surface area contributed by atoms with Crippen LogP contribution < -0.4 is 0 Å². The predicted octanol–water partition coefficient (Wildman–Crippen LogP) is 6.21. The molecule has 0 bridgehead atoms. The van der Waals surface area contributed by atoms with Crippen LogP contribution in [0.2, 0.25) is 0 Å². The number of benzene rings is 3. The molecule has 0 amide bonds. The molecule has 0 unspecified atom stereocenters. The van der Waals surface area contributed by atoms with E-state index < -0.39 is 0 Å². The van der Waals surface area contributed by atoms with Crippen molar-refractivity contribution in [2.24, 2.45) is 0 Å². The summed E-state index contributed by atoms with van der Waals surface area (Å²) in [7, 11) is 0. The molecule has 0 spiro atoms. The average Bonchev–Trinajstić information content (AvgIpc) is 3.32. The van der Waals surface area contributed by atoms with Crippen LogP contribution in [0, 0.1) is 26.8 Å². The van der Waals surface area contributed by atoms with E-state index in [0.29, 0.717) is 0 Å². The molecule has 0 aliphatic heterocycles. The molecule has 2 heterocycles. The zero-order chi connectivity index (χ0) is 20.0. The second-order valence-electron chi connectivity index (χ2n) is 7.56. The van der Waals surface area contributed by atoms with Gasteiger partial charge in [-0.2, -0.15) is 0 Å². The Morgan fingerprint density at radius 2 is 1.57 bits per heavy atom. The topological polar surface area (TPSA) is 22.8 Å². The number of imidazole rings is 1. The van der Waals surface area contributed by atoms with Crippen LogP contribution in [0.5, 0.6) is 0 Å². The molecule has 0 N–H and O–H groups in total. The molecule has 3 aromatic carbocycles. The Hall–Kier alpha value is -2.94. The van der Waals surface area contributed by atoms with Crippen molar-refractivity contribution < 1.29 is 20.1 Å². The Labute approximate surface area is 190 Å². The number of hydrogen-bond acceptors (Lipinski definition) is 1. The molecule has 30 heavy (non-hydrogen) atoms. The maximum absolute atomic E-state index is 5.05. The third kappa shape index (κ3) is 3.43. The van der Waals surface area contributed by atoms with Crippen molar-refractivity contribution in [2.75, 3.05) is 0 Å². The predicted molar refractivity (Wildman–Crippen MR) is 119 cm³/mol. The van der Waals surface area contributed by atoms with Gasteiger partial charge in [0, 0.05) is 38.2 Å². The molecule has 0 aliphatic carbocycles. The Morgan fingerprint density at radius 3 is 2.30 bits per heavy atom. The van der Waals surface area contributed by atoms with Crippen molar-refractivity contribution in [3.05, 3.63) is 102 Å². The van der Waals surface area contributed by atoms with E-state index >= 15 is 0 Å². The van der Waals surface area contributed by atoms with Crippen molar-refractivity contribution in [3.63, 3.8) is 0 Å². The fraction of sp³-hybridized carbons (Fsp3) is 0.115. The largest absolute Gasteiger partial charge is 0.337 e. The number of fused-ring (bicyclic) bond motifs is 1. The monoisotopic (exact) mass is 569 g/mol. The summed E-state index contributed by atoms with van der Waals surface area (Å²) < 4.78 is 4.36. The van der Waals surface area contributed by atoms with E-state index in [1.807, 2.05) is 18.2 Å². The first-order chi connectivity index (χ1) is 14.1. The molecule has 5 rings (SSSR count). The van der Waals surface area contributed by atoms with Gasteiger partial charge in [0.05, 0.1) is 11.3 Å². The van der Waals surface area contributed by atoms with Gasteiger partial charge in [0.25, 0.3) is 0 Å². The first kappa shape index (κ1) is 20.3. The standard InChI is InChI=1S/C26H22N3.Ir/c1-18-15-19(2)25(20(3)16-18)29-17-24(27-26(29)22-10-5-4-6-11-22)28-14-13-21-9-7-8-12-23(21)28;/h4-10,12-17H,1-3H3;/q-1;. The van der Waals surface area contributed by atoms with E-state index in [2.05, 4.69) is 96.9 Å². The van der Waals surface area contributed by atoms with Crippen LogP contribution in [0.25, 0.3) is 33.8 Å². The van der Waals surface area contributed by atoms with Crippen LogP contribution in [-0.2, 0) is 20.1 Å². The van der Waals surface area contributed by atoms with Crippen LogP contribution >= 0.6 is 0 Å². The molecule has 151 valence electrons. The SMILES string of the molecule is Cc1cc(C)c(-n2cc(-n3ccc4ccccc43)nc2-c2[c-]cccc2)c(C)c1.[Ir]. The number of para-hydroxylation sites is 1. The quantitative estimate of drug-likeness (QED) is 0.238. The first-order valence-electron chi connectivity index (χ1n) is 9.83. The van der Waals surface area contributed by atoms with E-state index in [-0.39, 0.29) is 20.1 Å². The third-order valence-electron chi connectivity index (χ3n) is 5.37. The molecule has 0 fully saturated rings. The van der Waals surface area contributed by atoms with Gasteiger partial charge in [-0.1, -0.05) is 35.9 Å².